The average molecular weight is 365 g/mol. The first kappa shape index (κ1) is 17.5. The van der Waals surface area contributed by atoms with Crippen molar-refractivity contribution in [2.24, 2.45) is 0 Å². The molecule has 0 unspecified atom stereocenters. The van der Waals surface area contributed by atoms with Gasteiger partial charge in [-0.3, -0.25) is 14.6 Å². The first-order valence-corrected chi connectivity index (χ1v) is 9.42. The van der Waals surface area contributed by atoms with E-state index >= 15 is 0 Å². The molecule has 2 aliphatic heterocycles. The fourth-order valence-corrected chi connectivity index (χ4v) is 3.64. The maximum absolute atomic E-state index is 12.7. The third kappa shape index (κ3) is 3.94. The number of piperazine rings is 1. The van der Waals surface area contributed by atoms with Gasteiger partial charge in [0.05, 0.1) is 18.6 Å². The Morgan fingerprint density at radius 1 is 1.07 bits per heavy atom. The maximum atomic E-state index is 12.7. The molecule has 0 saturated carbocycles. The molecule has 140 valence electrons. The number of fused-ring (bicyclic) bond motifs is 1. The lowest BCUT2D eigenvalue weighted by atomic mass is 10.0. The van der Waals surface area contributed by atoms with Crippen LogP contribution in [0.4, 0.5) is 0 Å². The highest BCUT2D eigenvalue weighted by atomic mass is 16.5. The van der Waals surface area contributed by atoms with E-state index in [1.54, 1.807) is 29.4 Å². The number of rotatable bonds is 3. The largest absolute Gasteiger partial charge is 0.493 e. The van der Waals surface area contributed by atoms with Gasteiger partial charge in [0, 0.05) is 38.6 Å². The number of aromatic nitrogens is 1. The highest BCUT2D eigenvalue weighted by Gasteiger charge is 2.25. The molecule has 1 fully saturated rings. The second-order valence-corrected chi connectivity index (χ2v) is 6.99. The number of benzene rings is 1. The summed E-state index contributed by atoms with van der Waals surface area (Å²) >= 11 is 0. The molecule has 2 amide bonds. The Bertz CT molecular complexity index is 830. The topological polar surface area (TPSA) is 62.7 Å². The third-order valence-corrected chi connectivity index (χ3v) is 5.16. The highest BCUT2D eigenvalue weighted by molar-refractivity contribution is 5.94. The van der Waals surface area contributed by atoms with Crippen molar-refractivity contribution in [2.45, 2.75) is 19.3 Å². The molecular weight excluding hydrogens is 342 g/mol. The number of nitrogens with zero attached hydrogens (tertiary/aromatic N) is 3. The van der Waals surface area contributed by atoms with Gasteiger partial charge in [-0.05, 0) is 42.2 Å². The van der Waals surface area contributed by atoms with Crippen LogP contribution in [0.3, 0.4) is 0 Å². The molecule has 0 atom stereocenters. The van der Waals surface area contributed by atoms with Gasteiger partial charge < -0.3 is 14.5 Å². The minimum absolute atomic E-state index is 0.0233. The van der Waals surface area contributed by atoms with Crippen LogP contribution in [-0.4, -0.2) is 59.4 Å². The van der Waals surface area contributed by atoms with Gasteiger partial charge in [0.1, 0.15) is 5.75 Å². The van der Waals surface area contributed by atoms with Crippen LogP contribution in [0.25, 0.3) is 0 Å². The van der Waals surface area contributed by atoms with Crippen molar-refractivity contribution >= 4 is 11.8 Å². The first-order chi connectivity index (χ1) is 13.2. The zero-order valence-electron chi connectivity index (χ0n) is 15.3. The molecule has 3 heterocycles. The van der Waals surface area contributed by atoms with Crippen LogP contribution in [0.15, 0.2) is 42.7 Å². The number of pyridine rings is 1. The molecule has 4 rings (SSSR count). The SMILES string of the molecule is O=C(Cc1ccc2c(c1)CCCO2)N1CCN(C(=O)c2cccnc2)CC1. The molecule has 6 nitrogen and oxygen atoms in total. The molecule has 1 aromatic heterocycles. The smallest absolute Gasteiger partial charge is 0.255 e. The summed E-state index contributed by atoms with van der Waals surface area (Å²) in [4.78, 5) is 32.8. The predicted octanol–water partition coefficient (Wildman–Crippen LogP) is 1.93. The van der Waals surface area contributed by atoms with Crippen LogP contribution < -0.4 is 4.74 Å². The van der Waals surface area contributed by atoms with Crippen LogP contribution in [-0.2, 0) is 17.6 Å². The van der Waals surface area contributed by atoms with Crippen LogP contribution in [0.2, 0.25) is 0 Å². The Morgan fingerprint density at radius 3 is 2.67 bits per heavy atom. The zero-order chi connectivity index (χ0) is 18.6. The number of carbonyl (C=O) groups is 2. The van der Waals surface area contributed by atoms with Crippen molar-refractivity contribution in [3.05, 3.63) is 59.4 Å². The minimum atomic E-state index is -0.0233. The maximum Gasteiger partial charge on any atom is 0.255 e. The summed E-state index contributed by atoms with van der Waals surface area (Å²) < 4.78 is 5.63. The molecule has 0 spiro atoms. The molecule has 0 N–H and O–H groups in total. The standard InChI is InChI=1S/C21H23N3O3/c25-20(14-16-5-6-19-17(13-16)4-2-12-27-19)23-8-10-24(11-9-23)21(26)18-3-1-7-22-15-18/h1,3,5-7,13,15H,2,4,8-12,14H2. The lowest BCUT2D eigenvalue weighted by Gasteiger charge is -2.35. The normalized spacial score (nSPS) is 16.4. The van der Waals surface area contributed by atoms with Crippen molar-refractivity contribution in [1.82, 2.24) is 14.8 Å². The van der Waals surface area contributed by atoms with Gasteiger partial charge >= 0.3 is 0 Å². The Balaban J connectivity index is 1.33. The Hall–Kier alpha value is -2.89. The van der Waals surface area contributed by atoms with Crippen LogP contribution in [0, 0.1) is 0 Å². The van der Waals surface area contributed by atoms with E-state index in [9.17, 15) is 9.59 Å². The van der Waals surface area contributed by atoms with Gasteiger partial charge in [-0.15, -0.1) is 0 Å². The second kappa shape index (κ2) is 7.78. The third-order valence-electron chi connectivity index (χ3n) is 5.16. The number of aryl methyl sites for hydroxylation is 1. The quantitative estimate of drug-likeness (QED) is 0.834. The molecule has 27 heavy (non-hydrogen) atoms. The molecular formula is C21H23N3O3. The van der Waals surface area contributed by atoms with E-state index in [2.05, 4.69) is 11.1 Å². The second-order valence-electron chi connectivity index (χ2n) is 6.99. The Labute approximate surface area is 158 Å². The van der Waals surface area contributed by atoms with Gasteiger partial charge in [0.2, 0.25) is 5.91 Å². The van der Waals surface area contributed by atoms with Gasteiger partial charge in [-0.2, -0.15) is 0 Å². The van der Waals surface area contributed by atoms with E-state index < -0.39 is 0 Å². The molecule has 2 aliphatic rings. The van der Waals surface area contributed by atoms with E-state index in [0.29, 0.717) is 38.2 Å². The number of hydrogen-bond donors (Lipinski definition) is 0. The van der Waals surface area contributed by atoms with E-state index in [1.165, 1.54) is 5.56 Å². The van der Waals surface area contributed by atoms with Crippen molar-refractivity contribution in [1.29, 1.82) is 0 Å². The van der Waals surface area contributed by atoms with Gasteiger partial charge in [-0.1, -0.05) is 12.1 Å². The average Bonchev–Trinajstić information content (AvgIpc) is 2.74. The summed E-state index contributed by atoms with van der Waals surface area (Å²) in [6.07, 6.45) is 5.66. The Kier molecular flexibility index (Phi) is 5.05. The summed E-state index contributed by atoms with van der Waals surface area (Å²) in [5, 5.41) is 0. The lowest BCUT2D eigenvalue weighted by molar-refractivity contribution is -0.131. The molecule has 1 aromatic carbocycles. The number of ether oxygens (including phenoxy) is 1. The van der Waals surface area contributed by atoms with Gasteiger partial charge in [0.15, 0.2) is 0 Å². The van der Waals surface area contributed by atoms with Crippen molar-refractivity contribution < 1.29 is 14.3 Å². The van der Waals surface area contributed by atoms with Crippen molar-refractivity contribution in [3.8, 4) is 5.75 Å². The van der Waals surface area contributed by atoms with Crippen LogP contribution in [0.5, 0.6) is 5.75 Å². The predicted molar refractivity (Wildman–Crippen MR) is 101 cm³/mol. The summed E-state index contributed by atoms with van der Waals surface area (Å²) in [7, 11) is 0. The highest BCUT2D eigenvalue weighted by Crippen LogP contribution is 2.26. The summed E-state index contributed by atoms with van der Waals surface area (Å²) in [5.41, 5.74) is 2.81. The van der Waals surface area contributed by atoms with E-state index in [-0.39, 0.29) is 11.8 Å². The van der Waals surface area contributed by atoms with Gasteiger partial charge in [-0.25, -0.2) is 0 Å². The molecule has 0 aliphatic carbocycles. The van der Waals surface area contributed by atoms with E-state index in [4.69, 9.17) is 4.74 Å². The van der Waals surface area contributed by atoms with Crippen LogP contribution in [0.1, 0.15) is 27.9 Å². The molecule has 0 radical (unpaired) electrons. The lowest BCUT2D eigenvalue weighted by Crippen LogP contribution is -2.51. The first-order valence-electron chi connectivity index (χ1n) is 9.42. The zero-order valence-corrected chi connectivity index (χ0v) is 15.3. The summed E-state index contributed by atoms with van der Waals surface area (Å²) in [6.45, 7) is 3.01. The fraction of sp³-hybridized carbons (Fsp3) is 0.381. The summed E-state index contributed by atoms with van der Waals surface area (Å²) in [5.74, 6) is 1.03. The summed E-state index contributed by atoms with van der Waals surface area (Å²) in [6, 6.07) is 9.57. The Morgan fingerprint density at radius 2 is 1.89 bits per heavy atom. The molecule has 2 aromatic rings. The van der Waals surface area contributed by atoms with E-state index in [1.807, 2.05) is 17.0 Å². The molecule has 0 bridgehead atoms. The minimum Gasteiger partial charge on any atom is -0.493 e. The van der Waals surface area contributed by atoms with Gasteiger partial charge in [0.25, 0.3) is 5.91 Å². The number of hydrogen-bond acceptors (Lipinski definition) is 4. The number of carbonyl (C=O) groups excluding carboxylic acids is 2. The molecule has 6 heteroatoms. The monoisotopic (exact) mass is 365 g/mol. The van der Waals surface area contributed by atoms with Crippen molar-refractivity contribution in [3.63, 3.8) is 0 Å². The van der Waals surface area contributed by atoms with Crippen LogP contribution >= 0.6 is 0 Å². The fourth-order valence-electron chi connectivity index (χ4n) is 3.64. The molecule has 1 saturated heterocycles. The van der Waals surface area contributed by atoms with E-state index in [0.717, 1.165) is 30.8 Å². The van der Waals surface area contributed by atoms with Crippen molar-refractivity contribution in [2.75, 3.05) is 32.8 Å². The number of amides is 2.